The summed E-state index contributed by atoms with van der Waals surface area (Å²) >= 11 is 0. The van der Waals surface area contributed by atoms with E-state index in [9.17, 15) is 17.7 Å². The van der Waals surface area contributed by atoms with Crippen molar-refractivity contribution in [2.45, 2.75) is 38.4 Å². The van der Waals surface area contributed by atoms with E-state index < -0.39 is 23.3 Å². The zero-order valence-corrected chi connectivity index (χ0v) is 15.6. The number of alkyl halides is 3. The molecule has 1 unspecified atom stereocenters. The van der Waals surface area contributed by atoms with Gasteiger partial charge in [-0.3, -0.25) is 0 Å². The zero-order chi connectivity index (χ0) is 18.9. The van der Waals surface area contributed by atoms with Crippen molar-refractivity contribution in [3.8, 4) is 11.8 Å². The van der Waals surface area contributed by atoms with E-state index in [1.54, 1.807) is 18.2 Å². The average molecular weight is 382 g/mol. The number of hydrogen-bond acceptors (Lipinski definition) is 3. The monoisotopic (exact) mass is 382 g/mol. The van der Waals surface area contributed by atoms with Crippen LogP contribution < -0.4 is 5.32 Å². The van der Waals surface area contributed by atoms with Gasteiger partial charge < -0.3 is 14.8 Å². The highest BCUT2D eigenvalue weighted by atomic mass is 32.2. The van der Waals surface area contributed by atoms with Crippen LogP contribution in [-0.2, 0) is 6.42 Å². The third-order valence-electron chi connectivity index (χ3n) is 4.68. The highest BCUT2D eigenvalue weighted by molar-refractivity contribution is 7.32. The number of fused-ring (bicyclic) bond motifs is 1. The second kappa shape index (κ2) is 7.47. The van der Waals surface area contributed by atoms with Gasteiger partial charge in [-0.25, -0.2) is 0 Å². The highest BCUT2D eigenvalue weighted by Crippen LogP contribution is 2.44. The second-order valence-corrected chi connectivity index (χ2v) is 8.00. The van der Waals surface area contributed by atoms with E-state index in [1.165, 1.54) is 6.92 Å². The summed E-state index contributed by atoms with van der Waals surface area (Å²) < 4.78 is 52.5. The first-order valence-corrected chi connectivity index (χ1v) is 9.68. The van der Waals surface area contributed by atoms with Crippen LogP contribution in [0.25, 0.3) is 10.1 Å². The Labute approximate surface area is 154 Å². The van der Waals surface area contributed by atoms with E-state index in [-0.39, 0.29) is 16.5 Å². The molecule has 0 radical (unpaired) electrons. The maximum Gasteiger partial charge on any atom is 0.393 e. The molecule has 0 aliphatic carbocycles. The summed E-state index contributed by atoms with van der Waals surface area (Å²) in [7, 11) is 0.374. The summed E-state index contributed by atoms with van der Waals surface area (Å²) in [6, 6.07) is 5.34. The summed E-state index contributed by atoms with van der Waals surface area (Å²) in [5.41, 5.74) is 0.690. The lowest BCUT2D eigenvalue weighted by Crippen LogP contribution is -2.36. The first-order chi connectivity index (χ1) is 12.3. The number of likely N-dealkylation sites (tertiary alicyclic amines) is 1. The molecule has 0 amide bonds. The smallest absolute Gasteiger partial charge is 0.393 e. The lowest BCUT2D eigenvalue weighted by molar-refractivity contribution is -0.126. The molecule has 0 spiro atoms. The van der Waals surface area contributed by atoms with Gasteiger partial charge >= 0.3 is 6.18 Å². The van der Waals surface area contributed by atoms with Gasteiger partial charge in [-0.05, 0) is 68.7 Å². The molecule has 1 saturated heterocycles. The molecule has 2 heterocycles. The van der Waals surface area contributed by atoms with Crippen LogP contribution in [-0.4, -0.2) is 41.8 Å². The number of halogens is 3. The molecule has 1 N–H and O–H groups in total. The third-order valence-corrected chi connectivity index (χ3v) is 6.21. The fraction of sp³-hybridized carbons (Fsp3) is 0.474. The lowest BCUT2D eigenvalue weighted by Gasteiger charge is -2.30. The Bertz CT molecular complexity index is 856. The van der Waals surface area contributed by atoms with Crippen LogP contribution in [0.3, 0.4) is 0 Å². The summed E-state index contributed by atoms with van der Waals surface area (Å²) in [5, 5.41) is 3.80. The van der Waals surface area contributed by atoms with Gasteiger partial charge in [0.15, 0.2) is 0 Å². The van der Waals surface area contributed by atoms with Crippen LogP contribution in [0.4, 0.5) is 18.9 Å². The maximum absolute atomic E-state index is 13.1. The van der Waals surface area contributed by atoms with Gasteiger partial charge in [0.1, 0.15) is 0 Å². The molecule has 1 aromatic heterocycles. The Morgan fingerprint density at radius 3 is 2.62 bits per heavy atom. The van der Waals surface area contributed by atoms with E-state index in [0.29, 0.717) is 15.8 Å². The minimum atomic E-state index is -4.38. The normalized spacial score (nSPS) is 17.2. The zero-order valence-electron chi connectivity index (χ0n) is 14.7. The molecule has 0 bridgehead atoms. The number of benzene rings is 1. The minimum Gasteiger partial charge on any atom is -0.589 e. The molecule has 1 fully saturated rings. The average Bonchev–Trinajstić information content (AvgIpc) is 2.82. The van der Waals surface area contributed by atoms with Crippen LogP contribution >= 0.6 is 10.8 Å². The molecule has 1 aliphatic heterocycles. The van der Waals surface area contributed by atoms with Crippen molar-refractivity contribution in [1.29, 1.82) is 0 Å². The third kappa shape index (κ3) is 3.98. The van der Waals surface area contributed by atoms with Crippen LogP contribution in [0, 0.1) is 11.8 Å². The fourth-order valence-corrected chi connectivity index (χ4v) is 4.93. The van der Waals surface area contributed by atoms with E-state index in [0.717, 1.165) is 25.9 Å². The molecule has 3 rings (SSSR count). The molecule has 0 saturated carbocycles. The van der Waals surface area contributed by atoms with Crippen molar-refractivity contribution in [1.82, 2.24) is 4.90 Å². The molecule has 2 aromatic rings. The van der Waals surface area contributed by atoms with Crippen molar-refractivity contribution < 1.29 is 17.7 Å². The number of rotatable bonds is 3. The van der Waals surface area contributed by atoms with Gasteiger partial charge in [0.25, 0.3) is 0 Å². The number of hydrogen-bond donors (Lipinski definition) is 1. The van der Waals surface area contributed by atoms with Crippen molar-refractivity contribution in [3.05, 3.63) is 28.6 Å². The Morgan fingerprint density at radius 1 is 1.31 bits per heavy atom. The van der Waals surface area contributed by atoms with Crippen molar-refractivity contribution in [2.24, 2.45) is 0 Å². The summed E-state index contributed by atoms with van der Waals surface area (Å²) in [5.74, 6) is 5.25. The molecule has 140 valence electrons. The highest BCUT2D eigenvalue weighted by Gasteiger charge is 2.35. The molecule has 26 heavy (non-hydrogen) atoms. The van der Waals surface area contributed by atoms with Gasteiger partial charge in [-0.2, -0.15) is 13.2 Å². The number of nitrogens with zero attached hydrogens (tertiary/aromatic N) is 1. The van der Waals surface area contributed by atoms with E-state index >= 15 is 0 Å². The number of piperidine rings is 1. The van der Waals surface area contributed by atoms with Crippen LogP contribution in [0.5, 0.6) is 0 Å². The summed E-state index contributed by atoms with van der Waals surface area (Å²) in [6.07, 6.45) is -3.61. The Morgan fingerprint density at radius 2 is 2.00 bits per heavy atom. The standard InChI is InChI=1S/C19H21F3N2OS/c1-3-5-17-15(12-19(20,21)22)14-6-4-7-16(18(14)26(17)25)23-13-8-10-24(2)11-9-13/h4,6-7,13,23H,8-12H2,1-2H3. The fourth-order valence-electron chi connectivity index (χ4n) is 3.41. The van der Waals surface area contributed by atoms with Gasteiger partial charge in [-0.15, -0.1) is 0 Å². The van der Waals surface area contributed by atoms with E-state index in [4.69, 9.17) is 0 Å². The molecular weight excluding hydrogens is 361 g/mol. The minimum absolute atomic E-state index is 0.0345. The van der Waals surface area contributed by atoms with Crippen molar-refractivity contribution in [3.63, 3.8) is 0 Å². The maximum atomic E-state index is 13.1. The van der Waals surface area contributed by atoms with Crippen molar-refractivity contribution >= 4 is 26.5 Å². The van der Waals surface area contributed by atoms with E-state index in [2.05, 4.69) is 29.1 Å². The molecule has 7 heteroatoms. The Kier molecular flexibility index (Phi) is 5.47. The lowest BCUT2D eigenvalue weighted by atomic mass is 10.0. The number of thiophene rings is 1. The molecule has 1 aromatic carbocycles. The van der Waals surface area contributed by atoms with Gasteiger partial charge in [0.2, 0.25) is 9.58 Å². The van der Waals surface area contributed by atoms with Gasteiger partial charge in [0.05, 0.1) is 12.1 Å². The van der Waals surface area contributed by atoms with E-state index in [1.807, 2.05) is 0 Å². The number of nitrogens with one attached hydrogen (secondary N) is 1. The van der Waals surface area contributed by atoms with Crippen molar-refractivity contribution in [2.75, 3.05) is 25.5 Å². The SMILES string of the molecule is CC#Cc1c(CC(F)(F)F)c2cccc(NC3CCN(C)CC3)c2[s+]1[O-]. The topological polar surface area (TPSA) is 38.3 Å². The largest absolute Gasteiger partial charge is 0.589 e. The molecule has 1 aliphatic rings. The van der Waals surface area contributed by atoms with Gasteiger partial charge in [0, 0.05) is 17.0 Å². The second-order valence-electron chi connectivity index (χ2n) is 6.65. The van der Waals surface area contributed by atoms with Gasteiger partial charge in [-0.1, -0.05) is 12.0 Å². The van der Waals surface area contributed by atoms with Crippen LogP contribution in [0.15, 0.2) is 18.2 Å². The predicted molar refractivity (Wildman–Crippen MR) is 99.1 cm³/mol. The van der Waals surface area contributed by atoms with Crippen LogP contribution in [0.2, 0.25) is 0 Å². The summed E-state index contributed by atoms with van der Waals surface area (Å²) in [6.45, 7) is 3.45. The quantitative estimate of drug-likeness (QED) is 0.625. The molecule has 3 nitrogen and oxygen atoms in total. The first kappa shape index (κ1) is 19.0. The van der Waals surface area contributed by atoms with Crippen LogP contribution in [0.1, 0.15) is 30.2 Å². The molecule has 1 atom stereocenters. The summed E-state index contributed by atoms with van der Waals surface area (Å²) in [4.78, 5) is 2.32. The Hall–Kier alpha value is -1.75. The first-order valence-electron chi connectivity index (χ1n) is 8.53. The Balaban J connectivity index is 2.05. The number of anilines is 1. The predicted octanol–water partition coefficient (Wildman–Crippen LogP) is 4.55. The molecular formula is C19H21F3N2OS.